The molecule has 0 radical (unpaired) electrons. The number of rotatable bonds is 8. The summed E-state index contributed by atoms with van der Waals surface area (Å²) in [6.45, 7) is 1.94. The number of amides is 1. The minimum atomic E-state index is -0.405. The number of carbonyl (C=O) groups is 1. The highest BCUT2D eigenvalue weighted by Gasteiger charge is 2.14. The van der Waals surface area contributed by atoms with E-state index in [1.54, 1.807) is 12.1 Å². The maximum absolute atomic E-state index is 12.5. The molecule has 148 valence electrons. The Morgan fingerprint density at radius 3 is 2.52 bits per heavy atom. The van der Waals surface area contributed by atoms with Gasteiger partial charge in [0.1, 0.15) is 0 Å². The van der Waals surface area contributed by atoms with Crippen molar-refractivity contribution in [2.45, 2.75) is 18.6 Å². The summed E-state index contributed by atoms with van der Waals surface area (Å²) in [6, 6.07) is 24.5. The van der Waals surface area contributed by atoms with E-state index >= 15 is 0 Å². The molecule has 3 aromatic carbocycles. The van der Waals surface area contributed by atoms with E-state index in [-0.39, 0.29) is 22.6 Å². The molecule has 0 fully saturated rings. The van der Waals surface area contributed by atoms with Gasteiger partial charge in [-0.25, -0.2) is 0 Å². The number of nitrogens with one attached hydrogen (secondary N) is 1. The van der Waals surface area contributed by atoms with Gasteiger partial charge >= 0.3 is 0 Å². The summed E-state index contributed by atoms with van der Waals surface area (Å²) in [5, 5.41) is 13.9. The van der Waals surface area contributed by atoms with Crippen molar-refractivity contribution >= 4 is 29.0 Å². The smallest absolute Gasteiger partial charge is 0.269 e. The van der Waals surface area contributed by atoms with Crippen LogP contribution >= 0.6 is 11.8 Å². The van der Waals surface area contributed by atoms with Gasteiger partial charge in [0.2, 0.25) is 5.91 Å². The van der Waals surface area contributed by atoms with Gasteiger partial charge in [0, 0.05) is 23.1 Å². The quantitative estimate of drug-likeness (QED) is 0.389. The monoisotopic (exact) mass is 406 g/mol. The Bertz CT molecular complexity index is 992. The van der Waals surface area contributed by atoms with Crippen LogP contribution in [0.4, 0.5) is 11.4 Å². The van der Waals surface area contributed by atoms with Crippen molar-refractivity contribution in [1.29, 1.82) is 0 Å². The zero-order valence-corrected chi connectivity index (χ0v) is 16.9. The number of non-ortho nitro benzene ring substituents is 1. The highest BCUT2D eigenvalue weighted by Crippen LogP contribution is 2.30. The first-order valence-corrected chi connectivity index (χ1v) is 10.4. The summed E-state index contributed by atoms with van der Waals surface area (Å²) < 4.78 is 0. The second-order valence-corrected chi connectivity index (χ2v) is 8.00. The van der Waals surface area contributed by atoms with Crippen molar-refractivity contribution in [3.8, 4) is 0 Å². The molecule has 0 bridgehead atoms. The highest BCUT2D eigenvalue weighted by molar-refractivity contribution is 8.00. The van der Waals surface area contributed by atoms with Gasteiger partial charge in [-0.3, -0.25) is 14.9 Å². The fourth-order valence-corrected chi connectivity index (χ4v) is 3.80. The van der Waals surface area contributed by atoms with E-state index < -0.39 is 4.92 Å². The summed E-state index contributed by atoms with van der Waals surface area (Å²) >= 11 is 1.45. The third-order valence-corrected chi connectivity index (χ3v) is 5.74. The molecule has 0 aromatic heterocycles. The van der Waals surface area contributed by atoms with Gasteiger partial charge in [-0.2, -0.15) is 0 Å². The highest BCUT2D eigenvalue weighted by atomic mass is 32.2. The minimum Gasteiger partial charge on any atom is -0.325 e. The van der Waals surface area contributed by atoms with Gasteiger partial charge in [0.05, 0.1) is 10.7 Å². The third kappa shape index (κ3) is 5.93. The second-order valence-electron chi connectivity index (χ2n) is 6.67. The number of para-hydroxylation sites is 1. The summed E-state index contributed by atoms with van der Waals surface area (Å²) in [5.41, 5.74) is 3.95. The predicted molar refractivity (Wildman–Crippen MR) is 118 cm³/mol. The lowest BCUT2D eigenvalue weighted by molar-refractivity contribution is -0.384. The number of benzene rings is 3. The molecule has 0 heterocycles. The fourth-order valence-electron chi connectivity index (χ4n) is 2.99. The van der Waals surface area contributed by atoms with Gasteiger partial charge in [-0.1, -0.05) is 60.7 Å². The summed E-state index contributed by atoms with van der Waals surface area (Å²) in [7, 11) is 0. The normalized spacial score (nSPS) is 11.6. The molecule has 0 aliphatic heterocycles. The van der Waals surface area contributed by atoms with Crippen LogP contribution in [0.1, 0.15) is 28.9 Å². The summed E-state index contributed by atoms with van der Waals surface area (Å²) in [5.74, 6) is 0.177. The first kappa shape index (κ1) is 20.6. The first-order valence-electron chi connectivity index (χ1n) is 9.30. The SMILES string of the molecule is C[C@H](SCC(=O)Nc1ccccc1Cc1ccccc1)c1cccc([N+](=O)[O-])c1. The molecule has 0 unspecified atom stereocenters. The molecular weight excluding hydrogens is 384 g/mol. The molecule has 1 N–H and O–H groups in total. The average Bonchev–Trinajstić information content (AvgIpc) is 2.74. The number of thioether (sulfide) groups is 1. The van der Waals surface area contributed by atoms with E-state index in [9.17, 15) is 14.9 Å². The van der Waals surface area contributed by atoms with Crippen LogP contribution in [0.25, 0.3) is 0 Å². The first-order chi connectivity index (χ1) is 14.0. The second kappa shape index (κ2) is 9.89. The Balaban J connectivity index is 1.60. The molecule has 1 atom stereocenters. The lowest BCUT2D eigenvalue weighted by Gasteiger charge is -2.14. The molecular formula is C23H22N2O3S. The molecule has 5 nitrogen and oxygen atoms in total. The van der Waals surface area contributed by atoms with Crippen LogP contribution in [-0.2, 0) is 11.2 Å². The molecule has 3 rings (SSSR count). The largest absolute Gasteiger partial charge is 0.325 e. The average molecular weight is 407 g/mol. The number of hydrogen-bond acceptors (Lipinski definition) is 4. The van der Waals surface area contributed by atoms with Crippen LogP contribution in [-0.4, -0.2) is 16.6 Å². The van der Waals surface area contributed by atoms with Crippen LogP contribution in [0.5, 0.6) is 0 Å². The maximum atomic E-state index is 12.5. The minimum absolute atomic E-state index is 0.0276. The number of hydrogen-bond donors (Lipinski definition) is 1. The molecule has 29 heavy (non-hydrogen) atoms. The molecule has 0 aliphatic rings. The number of nitrogens with zero attached hydrogens (tertiary/aromatic N) is 1. The Morgan fingerprint density at radius 1 is 1.03 bits per heavy atom. The van der Waals surface area contributed by atoms with Crippen molar-refractivity contribution in [2.75, 3.05) is 11.1 Å². The molecule has 1 amide bonds. The summed E-state index contributed by atoms with van der Waals surface area (Å²) in [6.07, 6.45) is 0.745. The van der Waals surface area contributed by atoms with Crippen molar-refractivity contribution in [3.05, 3.63) is 106 Å². The van der Waals surface area contributed by atoms with Gasteiger partial charge < -0.3 is 5.32 Å². The fraction of sp³-hybridized carbons (Fsp3) is 0.174. The number of carbonyl (C=O) groups excluding carboxylic acids is 1. The molecule has 3 aromatic rings. The van der Waals surface area contributed by atoms with E-state index in [1.807, 2.05) is 55.5 Å². The molecule has 0 saturated carbocycles. The van der Waals surface area contributed by atoms with Gasteiger partial charge in [0.25, 0.3) is 5.69 Å². The van der Waals surface area contributed by atoms with Crippen LogP contribution in [0.2, 0.25) is 0 Å². The summed E-state index contributed by atoms with van der Waals surface area (Å²) in [4.78, 5) is 23.0. The van der Waals surface area contributed by atoms with Crippen molar-refractivity contribution in [3.63, 3.8) is 0 Å². The van der Waals surface area contributed by atoms with Gasteiger partial charge in [-0.15, -0.1) is 11.8 Å². The van der Waals surface area contributed by atoms with E-state index in [0.717, 1.165) is 23.2 Å². The predicted octanol–water partition coefficient (Wildman–Crippen LogP) is 5.62. The number of anilines is 1. The van der Waals surface area contributed by atoms with Crippen LogP contribution < -0.4 is 5.32 Å². The van der Waals surface area contributed by atoms with E-state index in [2.05, 4.69) is 17.4 Å². The Hall–Kier alpha value is -3.12. The standard InChI is InChI=1S/C23H22N2O3S/c1-17(19-11-7-12-21(15-19)25(27)28)29-16-23(26)24-22-13-6-5-10-20(22)14-18-8-3-2-4-9-18/h2-13,15,17H,14,16H2,1H3,(H,24,26)/t17-/m0/s1. The van der Waals surface area contributed by atoms with Crippen molar-refractivity contribution in [2.24, 2.45) is 0 Å². The van der Waals surface area contributed by atoms with E-state index in [4.69, 9.17) is 0 Å². The molecule has 0 saturated heterocycles. The van der Waals surface area contributed by atoms with E-state index in [1.165, 1.54) is 23.4 Å². The van der Waals surface area contributed by atoms with Gasteiger partial charge in [-0.05, 0) is 36.1 Å². The maximum Gasteiger partial charge on any atom is 0.269 e. The third-order valence-electron chi connectivity index (χ3n) is 4.54. The van der Waals surface area contributed by atoms with Crippen molar-refractivity contribution in [1.82, 2.24) is 0 Å². The lowest BCUT2D eigenvalue weighted by atomic mass is 10.0. The number of nitro groups is 1. The van der Waals surface area contributed by atoms with Crippen LogP contribution in [0.3, 0.4) is 0 Å². The Morgan fingerprint density at radius 2 is 1.76 bits per heavy atom. The van der Waals surface area contributed by atoms with E-state index in [0.29, 0.717) is 0 Å². The molecule has 0 spiro atoms. The topological polar surface area (TPSA) is 72.2 Å². The Labute approximate surface area is 174 Å². The zero-order chi connectivity index (χ0) is 20.6. The molecule has 0 aliphatic carbocycles. The lowest BCUT2D eigenvalue weighted by Crippen LogP contribution is -2.16. The molecule has 6 heteroatoms. The van der Waals surface area contributed by atoms with Crippen LogP contribution in [0, 0.1) is 10.1 Å². The number of nitro benzene ring substituents is 1. The Kier molecular flexibility index (Phi) is 7.03. The van der Waals surface area contributed by atoms with Crippen molar-refractivity contribution < 1.29 is 9.72 Å². The van der Waals surface area contributed by atoms with Crippen LogP contribution in [0.15, 0.2) is 78.9 Å². The van der Waals surface area contributed by atoms with Gasteiger partial charge in [0.15, 0.2) is 0 Å². The zero-order valence-electron chi connectivity index (χ0n) is 16.1.